The number of morpholine rings is 1. The van der Waals surface area contributed by atoms with Crippen molar-refractivity contribution in [2.45, 2.75) is 43.0 Å². The number of ether oxygens (including phenoxy) is 1. The van der Waals surface area contributed by atoms with Gasteiger partial charge in [0.05, 0.1) is 29.4 Å². The molecule has 1 atom stereocenters. The molecule has 0 aromatic heterocycles. The molecule has 12 heteroatoms. The Kier molecular flexibility index (Phi) is 8.35. The van der Waals surface area contributed by atoms with Crippen LogP contribution in [0.1, 0.15) is 43.7 Å². The van der Waals surface area contributed by atoms with Crippen molar-refractivity contribution in [3.63, 3.8) is 0 Å². The normalized spacial score (nSPS) is 24.2. The fourth-order valence-corrected chi connectivity index (χ4v) is 8.29. The number of hydrogen-bond donors (Lipinski definition) is 1. The second kappa shape index (κ2) is 12.1. The van der Waals surface area contributed by atoms with E-state index in [2.05, 4.69) is 4.90 Å². The third-order valence-corrected chi connectivity index (χ3v) is 11.0. The Hall–Kier alpha value is -3.58. The first-order valence-corrected chi connectivity index (χ1v) is 16.8. The Labute approximate surface area is 257 Å². The first kappa shape index (κ1) is 30.4. The van der Waals surface area contributed by atoms with Crippen LogP contribution >= 0.6 is 0 Å². The number of unbranched alkanes of at least 4 members (excludes halogenated alkanes) is 1. The fourth-order valence-electron chi connectivity index (χ4n) is 6.78. The zero-order valence-electron chi connectivity index (χ0n) is 24.9. The van der Waals surface area contributed by atoms with Crippen LogP contribution in [0.2, 0.25) is 0 Å². The van der Waals surface area contributed by atoms with Crippen LogP contribution in [-0.2, 0) is 34.7 Å². The summed E-state index contributed by atoms with van der Waals surface area (Å²) in [5.74, 6) is -2.77. The van der Waals surface area contributed by atoms with Crippen molar-refractivity contribution < 1.29 is 32.6 Å². The Morgan fingerprint density at radius 1 is 0.909 bits per heavy atom. The average molecular weight is 623 g/mol. The van der Waals surface area contributed by atoms with Crippen LogP contribution in [0.5, 0.6) is 0 Å². The molecule has 3 fully saturated rings. The van der Waals surface area contributed by atoms with Crippen LogP contribution in [0.4, 0.5) is 5.69 Å². The lowest BCUT2D eigenvalue weighted by Crippen LogP contribution is -2.54. The molecule has 0 aliphatic carbocycles. The van der Waals surface area contributed by atoms with E-state index in [1.165, 1.54) is 33.5 Å². The highest BCUT2D eigenvalue weighted by atomic mass is 32.2. The number of benzene rings is 2. The monoisotopic (exact) mass is 622 g/mol. The van der Waals surface area contributed by atoms with E-state index in [4.69, 9.17) is 4.74 Å². The second-order valence-electron chi connectivity index (χ2n) is 11.6. The summed E-state index contributed by atoms with van der Waals surface area (Å²) < 4.78 is 33.1. The van der Waals surface area contributed by atoms with Crippen molar-refractivity contribution >= 4 is 39.1 Å². The molecule has 4 aliphatic rings. The fraction of sp³-hybridized carbons (Fsp3) is 0.469. The van der Waals surface area contributed by atoms with Crippen molar-refractivity contribution in [3.8, 4) is 0 Å². The number of aliphatic hydroxyl groups excluding tert-OH is 1. The maximum atomic E-state index is 14.6. The van der Waals surface area contributed by atoms with Gasteiger partial charge >= 0.3 is 0 Å². The molecule has 0 bridgehead atoms. The van der Waals surface area contributed by atoms with E-state index in [0.717, 1.165) is 19.3 Å². The predicted molar refractivity (Wildman–Crippen MR) is 163 cm³/mol. The van der Waals surface area contributed by atoms with E-state index in [9.17, 15) is 27.9 Å². The van der Waals surface area contributed by atoms with Gasteiger partial charge in [-0.25, -0.2) is 8.42 Å². The number of hydrogen-bond acceptors (Lipinski definition) is 8. The number of sulfonamides is 1. The average Bonchev–Trinajstić information content (AvgIpc) is 3.73. The number of carbonyl (C=O) groups excluding carboxylic acids is 3. The van der Waals surface area contributed by atoms with Gasteiger partial charge in [0.25, 0.3) is 17.6 Å². The molecule has 234 valence electrons. The molecule has 4 heterocycles. The first-order valence-electron chi connectivity index (χ1n) is 15.3. The van der Waals surface area contributed by atoms with E-state index in [1.807, 2.05) is 13.0 Å². The molecular formula is C32H38N4O7S. The van der Waals surface area contributed by atoms with Crippen LogP contribution in [-0.4, -0.2) is 104 Å². The number of para-hydroxylation sites is 1. The van der Waals surface area contributed by atoms with Crippen LogP contribution < -0.4 is 4.90 Å². The molecule has 0 saturated carbocycles. The van der Waals surface area contributed by atoms with Gasteiger partial charge in [0.1, 0.15) is 5.76 Å². The van der Waals surface area contributed by atoms with E-state index < -0.39 is 38.9 Å². The molecule has 4 aliphatic heterocycles. The maximum absolute atomic E-state index is 14.6. The molecule has 1 spiro atoms. The summed E-state index contributed by atoms with van der Waals surface area (Å²) in [5, 5.41) is 11.8. The number of rotatable bonds is 9. The van der Waals surface area contributed by atoms with Gasteiger partial charge in [-0.05, 0) is 49.6 Å². The summed E-state index contributed by atoms with van der Waals surface area (Å²) in [6.07, 6.45) is 3.15. The summed E-state index contributed by atoms with van der Waals surface area (Å²) in [5.41, 5.74) is -0.932. The van der Waals surface area contributed by atoms with Gasteiger partial charge in [0.2, 0.25) is 10.0 Å². The van der Waals surface area contributed by atoms with Gasteiger partial charge < -0.3 is 19.6 Å². The largest absolute Gasteiger partial charge is 0.507 e. The lowest BCUT2D eigenvalue weighted by molar-refractivity contribution is -0.144. The van der Waals surface area contributed by atoms with E-state index in [0.29, 0.717) is 70.2 Å². The minimum absolute atomic E-state index is 0.0738. The SMILES string of the molecule is CCCCN1C(=O)C2(/C(=C(/O)c3ccc(S(=O)(=O)N4CCCC4)cc3)C(=O)C(=O)N2CCN2CCOCC2)c2ccccc21. The number of anilines is 1. The zero-order chi connectivity index (χ0) is 31.1. The molecule has 1 N–H and O–H groups in total. The third kappa shape index (κ3) is 4.84. The predicted octanol–water partition coefficient (Wildman–Crippen LogP) is 2.53. The van der Waals surface area contributed by atoms with E-state index in [-0.39, 0.29) is 22.6 Å². The van der Waals surface area contributed by atoms with Crippen molar-refractivity contribution in [3.05, 3.63) is 65.2 Å². The summed E-state index contributed by atoms with van der Waals surface area (Å²) in [6.45, 7) is 6.27. The van der Waals surface area contributed by atoms with Gasteiger partial charge in [-0.15, -0.1) is 0 Å². The molecule has 2 aromatic carbocycles. The third-order valence-electron chi connectivity index (χ3n) is 9.12. The Morgan fingerprint density at radius 2 is 1.59 bits per heavy atom. The molecule has 0 radical (unpaired) electrons. The Balaban J connectivity index is 1.47. The van der Waals surface area contributed by atoms with Crippen LogP contribution in [0.25, 0.3) is 5.76 Å². The number of ketones is 1. The minimum atomic E-state index is -3.70. The topological polar surface area (TPSA) is 128 Å². The van der Waals surface area contributed by atoms with Gasteiger partial charge in [-0.3, -0.25) is 19.3 Å². The first-order chi connectivity index (χ1) is 21.2. The van der Waals surface area contributed by atoms with Gasteiger partial charge in [0, 0.05) is 56.9 Å². The number of likely N-dealkylation sites (tertiary alicyclic amines) is 1. The number of fused-ring (bicyclic) bond motifs is 2. The molecule has 11 nitrogen and oxygen atoms in total. The summed E-state index contributed by atoms with van der Waals surface area (Å²) >= 11 is 0. The molecule has 2 amide bonds. The number of aliphatic hydroxyl groups is 1. The molecule has 6 rings (SSSR count). The van der Waals surface area contributed by atoms with Crippen LogP contribution in [0, 0.1) is 0 Å². The summed E-state index contributed by atoms with van der Waals surface area (Å²) in [6, 6.07) is 12.7. The molecule has 3 saturated heterocycles. The van der Waals surface area contributed by atoms with Crippen LogP contribution in [0.3, 0.4) is 0 Å². The lowest BCUT2D eigenvalue weighted by Gasteiger charge is -2.36. The Morgan fingerprint density at radius 3 is 2.27 bits per heavy atom. The van der Waals surface area contributed by atoms with E-state index in [1.54, 1.807) is 23.1 Å². The van der Waals surface area contributed by atoms with E-state index >= 15 is 0 Å². The summed E-state index contributed by atoms with van der Waals surface area (Å²) in [4.78, 5) is 47.5. The zero-order valence-corrected chi connectivity index (χ0v) is 25.7. The highest BCUT2D eigenvalue weighted by molar-refractivity contribution is 7.89. The van der Waals surface area contributed by atoms with Crippen molar-refractivity contribution in [1.82, 2.24) is 14.1 Å². The maximum Gasteiger partial charge on any atom is 0.296 e. The molecule has 2 aromatic rings. The lowest BCUT2D eigenvalue weighted by atomic mass is 9.82. The molecule has 1 unspecified atom stereocenters. The summed E-state index contributed by atoms with van der Waals surface area (Å²) in [7, 11) is -3.70. The van der Waals surface area contributed by atoms with Crippen molar-refractivity contribution in [2.75, 3.05) is 63.9 Å². The number of Topliss-reactive ketones (excluding diaryl/α,β-unsaturated/α-hetero) is 1. The van der Waals surface area contributed by atoms with Crippen LogP contribution in [0.15, 0.2) is 59.0 Å². The molecule has 44 heavy (non-hydrogen) atoms. The van der Waals surface area contributed by atoms with Gasteiger partial charge in [0.15, 0.2) is 5.54 Å². The number of nitrogens with zero attached hydrogens (tertiary/aromatic N) is 4. The number of carbonyl (C=O) groups is 3. The quantitative estimate of drug-likeness (QED) is 0.257. The van der Waals surface area contributed by atoms with Crippen molar-refractivity contribution in [1.29, 1.82) is 0 Å². The van der Waals surface area contributed by atoms with Crippen molar-refractivity contribution in [2.24, 2.45) is 0 Å². The molecular weight excluding hydrogens is 584 g/mol. The van der Waals surface area contributed by atoms with Gasteiger partial charge in [-0.1, -0.05) is 31.5 Å². The smallest absolute Gasteiger partial charge is 0.296 e. The van der Waals surface area contributed by atoms with Gasteiger partial charge in [-0.2, -0.15) is 4.31 Å². The highest BCUT2D eigenvalue weighted by Crippen LogP contribution is 2.53. The number of amides is 2. The standard InChI is InChI=1S/C32H38N4O7S/c1-2-3-16-35-26-9-5-4-8-25(26)32(31(35)40)27(29(38)30(39)36(32)18-17-33-19-21-43-22-20-33)28(37)23-10-12-24(13-11-23)44(41,42)34-14-6-7-15-34/h4-5,8-13,37H,2-3,6-7,14-22H2,1H3/b28-27+. The minimum Gasteiger partial charge on any atom is -0.507 e. The highest BCUT2D eigenvalue weighted by Gasteiger charge is 2.67. The second-order valence-corrected chi connectivity index (χ2v) is 13.6. The Bertz CT molecular complexity index is 1590.